The quantitative estimate of drug-likeness (QED) is 0.518. The van der Waals surface area contributed by atoms with E-state index in [4.69, 9.17) is 19.9 Å². The summed E-state index contributed by atoms with van der Waals surface area (Å²) in [6.45, 7) is 9.04. The molecule has 0 rings (SSSR count). The molecule has 0 aliphatic carbocycles. The van der Waals surface area contributed by atoms with Crippen molar-refractivity contribution in [3.8, 4) is 0 Å². The molecule has 0 saturated carbocycles. The highest BCUT2D eigenvalue weighted by molar-refractivity contribution is 4.54. The van der Waals surface area contributed by atoms with Gasteiger partial charge in [-0.05, 0) is 27.8 Å². The van der Waals surface area contributed by atoms with Gasteiger partial charge in [0.15, 0.2) is 0 Å². The molecule has 0 aromatic carbocycles. The highest BCUT2D eigenvalue weighted by atomic mass is 16.5. The lowest BCUT2D eigenvalue weighted by atomic mass is 10.4. The Bertz CT molecular complexity index is 168. The van der Waals surface area contributed by atoms with Crippen LogP contribution in [0.5, 0.6) is 0 Å². The van der Waals surface area contributed by atoms with Gasteiger partial charge in [-0.2, -0.15) is 0 Å². The van der Waals surface area contributed by atoms with Crippen molar-refractivity contribution < 1.29 is 14.2 Å². The van der Waals surface area contributed by atoms with Gasteiger partial charge in [0, 0.05) is 12.1 Å². The van der Waals surface area contributed by atoms with Crippen LogP contribution in [0.25, 0.3) is 0 Å². The van der Waals surface area contributed by atoms with Crippen LogP contribution < -0.4 is 11.1 Å². The van der Waals surface area contributed by atoms with Crippen molar-refractivity contribution in [3.63, 3.8) is 0 Å². The second kappa shape index (κ2) is 10.9. The van der Waals surface area contributed by atoms with Gasteiger partial charge in [0.2, 0.25) is 0 Å². The molecule has 3 atom stereocenters. The fourth-order valence-corrected chi connectivity index (χ4v) is 1.12. The predicted octanol–water partition coefficient (Wildman–Crippen LogP) is 0.380. The van der Waals surface area contributed by atoms with Crippen molar-refractivity contribution in [2.45, 2.75) is 39.0 Å². The molecule has 5 nitrogen and oxygen atoms in total. The van der Waals surface area contributed by atoms with Crippen molar-refractivity contribution >= 4 is 0 Å². The van der Waals surface area contributed by atoms with E-state index in [1.807, 2.05) is 20.9 Å². The van der Waals surface area contributed by atoms with E-state index in [0.29, 0.717) is 39.1 Å². The maximum Gasteiger partial charge on any atom is 0.0781 e. The van der Waals surface area contributed by atoms with Gasteiger partial charge >= 0.3 is 0 Å². The van der Waals surface area contributed by atoms with Gasteiger partial charge in [0.25, 0.3) is 0 Å². The van der Waals surface area contributed by atoms with Crippen molar-refractivity contribution in [1.82, 2.24) is 5.32 Å². The van der Waals surface area contributed by atoms with Crippen LogP contribution in [0, 0.1) is 0 Å². The Hall–Kier alpha value is -0.200. The molecule has 3 N–H and O–H groups in total. The molecule has 0 amide bonds. The summed E-state index contributed by atoms with van der Waals surface area (Å²) in [5.74, 6) is 0. The van der Waals surface area contributed by atoms with Gasteiger partial charge in [0.05, 0.1) is 39.1 Å². The molecule has 3 unspecified atom stereocenters. The molecule has 0 aromatic heterocycles. The van der Waals surface area contributed by atoms with E-state index in [-0.39, 0.29) is 12.1 Å². The first-order valence-electron chi connectivity index (χ1n) is 6.26. The van der Waals surface area contributed by atoms with Crippen molar-refractivity contribution in [3.05, 3.63) is 0 Å². The average molecular weight is 248 g/mol. The first-order chi connectivity index (χ1) is 8.06. The van der Waals surface area contributed by atoms with Crippen LogP contribution in [0.4, 0.5) is 0 Å². The van der Waals surface area contributed by atoms with Gasteiger partial charge in [-0.1, -0.05) is 0 Å². The standard InChI is InChI=1S/C12H28N2O3/c1-10(13)7-16-9-12(3)17-6-5-15-8-11(2)14-4/h10-12,14H,5-9,13H2,1-4H3. The lowest BCUT2D eigenvalue weighted by molar-refractivity contribution is -0.0325. The fraction of sp³-hybridized carbons (Fsp3) is 1.00. The smallest absolute Gasteiger partial charge is 0.0781 e. The normalized spacial score (nSPS) is 16.8. The fourth-order valence-electron chi connectivity index (χ4n) is 1.12. The third-order valence-corrected chi connectivity index (χ3v) is 2.22. The van der Waals surface area contributed by atoms with E-state index in [1.54, 1.807) is 0 Å². The topological polar surface area (TPSA) is 65.7 Å². The van der Waals surface area contributed by atoms with Crippen molar-refractivity contribution in [2.75, 3.05) is 40.1 Å². The minimum Gasteiger partial charge on any atom is -0.377 e. The Morgan fingerprint density at radius 3 is 2.29 bits per heavy atom. The van der Waals surface area contributed by atoms with E-state index in [1.165, 1.54) is 0 Å². The summed E-state index contributed by atoms with van der Waals surface area (Å²) in [5, 5.41) is 3.11. The molecule has 0 bridgehead atoms. The number of nitrogens with two attached hydrogens (primary N) is 1. The van der Waals surface area contributed by atoms with Crippen LogP contribution in [-0.2, 0) is 14.2 Å². The lowest BCUT2D eigenvalue weighted by Crippen LogP contribution is -2.28. The van der Waals surface area contributed by atoms with Crippen LogP contribution >= 0.6 is 0 Å². The van der Waals surface area contributed by atoms with E-state index >= 15 is 0 Å². The van der Waals surface area contributed by atoms with E-state index < -0.39 is 0 Å². The van der Waals surface area contributed by atoms with Crippen LogP contribution in [0.3, 0.4) is 0 Å². The Labute approximate surface area is 105 Å². The molecule has 0 saturated heterocycles. The van der Waals surface area contributed by atoms with E-state index in [9.17, 15) is 0 Å². The molecule has 0 fully saturated rings. The Kier molecular flexibility index (Phi) is 10.8. The molecule has 0 spiro atoms. The summed E-state index contributed by atoms with van der Waals surface area (Å²) < 4.78 is 16.3. The number of rotatable bonds is 11. The monoisotopic (exact) mass is 248 g/mol. The van der Waals surface area contributed by atoms with Gasteiger partial charge in [-0.15, -0.1) is 0 Å². The zero-order valence-electron chi connectivity index (χ0n) is 11.6. The number of ether oxygens (including phenoxy) is 3. The SMILES string of the molecule is CNC(C)COCCOC(C)COCC(C)N. The highest BCUT2D eigenvalue weighted by Crippen LogP contribution is 1.93. The second-order valence-corrected chi connectivity index (χ2v) is 4.46. The van der Waals surface area contributed by atoms with Gasteiger partial charge in [-0.3, -0.25) is 0 Å². The molecule has 17 heavy (non-hydrogen) atoms. The Morgan fingerprint density at radius 2 is 1.71 bits per heavy atom. The third-order valence-electron chi connectivity index (χ3n) is 2.22. The molecule has 0 aliphatic rings. The highest BCUT2D eigenvalue weighted by Gasteiger charge is 2.03. The largest absolute Gasteiger partial charge is 0.377 e. The summed E-state index contributed by atoms with van der Waals surface area (Å²) >= 11 is 0. The molecule has 5 heteroatoms. The average Bonchev–Trinajstić information content (AvgIpc) is 2.27. The van der Waals surface area contributed by atoms with Crippen LogP contribution in [-0.4, -0.2) is 58.3 Å². The predicted molar refractivity (Wildman–Crippen MR) is 69.2 cm³/mol. The first-order valence-corrected chi connectivity index (χ1v) is 6.26. The minimum absolute atomic E-state index is 0.0774. The van der Waals surface area contributed by atoms with Crippen LogP contribution in [0.2, 0.25) is 0 Å². The van der Waals surface area contributed by atoms with Crippen molar-refractivity contribution in [1.29, 1.82) is 0 Å². The van der Waals surface area contributed by atoms with Crippen molar-refractivity contribution in [2.24, 2.45) is 5.73 Å². The Morgan fingerprint density at radius 1 is 1.00 bits per heavy atom. The van der Waals surface area contributed by atoms with E-state index in [2.05, 4.69) is 12.2 Å². The molecule has 0 aromatic rings. The summed E-state index contributed by atoms with van der Waals surface area (Å²) in [5.41, 5.74) is 5.57. The lowest BCUT2D eigenvalue weighted by Gasteiger charge is -2.15. The maximum atomic E-state index is 5.57. The van der Waals surface area contributed by atoms with E-state index in [0.717, 1.165) is 0 Å². The summed E-state index contributed by atoms with van der Waals surface area (Å²) in [7, 11) is 1.92. The summed E-state index contributed by atoms with van der Waals surface area (Å²) in [6.07, 6.45) is 0.0825. The molecule has 104 valence electrons. The molecular formula is C12H28N2O3. The maximum absolute atomic E-state index is 5.57. The number of hydrogen-bond donors (Lipinski definition) is 2. The molecule has 0 heterocycles. The zero-order valence-corrected chi connectivity index (χ0v) is 11.6. The number of nitrogens with one attached hydrogen (secondary N) is 1. The number of hydrogen-bond acceptors (Lipinski definition) is 5. The molecular weight excluding hydrogens is 220 g/mol. The van der Waals surface area contributed by atoms with Crippen LogP contribution in [0.15, 0.2) is 0 Å². The second-order valence-electron chi connectivity index (χ2n) is 4.46. The summed E-state index contributed by atoms with van der Waals surface area (Å²) in [4.78, 5) is 0. The minimum atomic E-state index is 0.0774. The van der Waals surface area contributed by atoms with Gasteiger partial charge in [0.1, 0.15) is 0 Å². The first kappa shape index (κ1) is 16.8. The summed E-state index contributed by atoms with van der Waals surface area (Å²) in [6, 6.07) is 0.454. The molecule has 0 radical (unpaired) electrons. The van der Waals surface area contributed by atoms with Gasteiger partial charge in [-0.25, -0.2) is 0 Å². The Balaban J connectivity index is 3.24. The zero-order chi connectivity index (χ0) is 13.1. The number of likely N-dealkylation sites (N-methyl/N-ethyl adjacent to an activating group) is 1. The third kappa shape index (κ3) is 12.1. The molecule has 0 aliphatic heterocycles. The van der Waals surface area contributed by atoms with Gasteiger partial charge < -0.3 is 25.3 Å². The van der Waals surface area contributed by atoms with Crippen LogP contribution in [0.1, 0.15) is 20.8 Å².